The van der Waals surface area contributed by atoms with Crippen molar-refractivity contribution in [2.45, 2.75) is 20.3 Å². The number of pyridine rings is 1. The topological polar surface area (TPSA) is 50.2 Å². The number of aromatic carboxylic acids is 1. The van der Waals surface area contributed by atoms with Gasteiger partial charge in [0.15, 0.2) is 0 Å². The van der Waals surface area contributed by atoms with E-state index in [4.69, 9.17) is 0 Å². The monoisotopic (exact) mass is 319 g/mol. The van der Waals surface area contributed by atoms with E-state index in [1.165, 1.54) is 5.56 Å². The lowest BCUT2D eigenvalue weighted by molar-refractivity contribution is 0.0696. The Labute approximate surface area is 120 Å². The van der Waals surface area contributed by atoms with Crippen LogP contribution in [0.4, 0.5) is 0 Å². The molecule has 1 aromatic carbocycles. The highest BCUT2D eigenvalue weighted by Crippen LogP contribution is 2.29. The molecule has 2 aromatic rings. The second-order valence-electron chi connectivity index (χ2n) is 4.33. The summed E-state index contributed by atoms with van der Waals surface area (Å²) in [6.45, 7) is 3.94. The Morgan fingerprint density at radius 3 is 2.47 bits per heavy atom. The number of halogens is 1. The van der Waals surface area contributed by atoms with Gasteiger partial charge in [0.25, 0.3) is 0 Å². The Morgan fingerprint density at radius 2 is 1.95 bits per heavy atom. The van der Waals surface area contributed by atoms with Crippen LogP contribution in [-0.4, -0.2) is 16.1 Å². The largest absolute Gasteiger partial charge is 0.478 e. The van der Waals surface area contributed by atoms with E-state index in [2.05, 4.69) is 27.8 Å². The molecule has 0 saturated heterocycles. The van der Waals surface area contributed by atoms with E-state index in [0.717, 1.165) is 17.7 Å². The van der Waals surface area contributed by atoms with E-state index >= 15 is 0 Å². The number of rotatable bonds is 3. The minimum atomic E-state index is -0.978. The molecule has 0 spiro atoms. The first kappa shape index (κ1) is 13.7. The third-order valence-electron chi connectivity index (χ3n) is 2.99. The maximum absolute atomic E-state index is 11.4. The summed E-state index contributed by atoms with van der Waals surface area (Å²) in [6, 6.07) is 9.74. The van der Waals surface area contributed by atoms with E-state index in [0.29, 0.717) is 10.2 Å². The number of nitrogens with zero attached hydrogens (tertiary/aromatic N) is 1. The van der Waals surface area contributed by atoms with Crippen LogP contribution in [-0.2, 0) is 6.42 Å². The van der Waals surface area contributed by atoms with Gasteiger partial charge in [-0.3, -0.25) is 0 Å². The van der Waals surface area contributed by atoms with E-state index in [-0.39, 0.29) is 5.56 Å². The molecule has 0 aliphatic carbocycles. The zero-order chi connectivity index (χ0) is 14.0. The average Bonchev–Trinajstić information content (AvgIpc) is 2.37. The SMILES string of the molecule is CCc1ccc(-c2cc(C)nc(Br)c2C(=O)O)cc1. The molecule has 0 bridgehead atoms. The van der Waals surface area contributed by atoms with Gasteiger partial charge in [0, 0.05) is 11.3 Å². The van der Waals surface area contributed by atoms with Gasteiger partial charge >= 0.3 is 5.97 Å². The van der Waals surface area contributed by atoms with Crippen molar-refractivity contribution in [2.24, 2.45) is 0 Å². The lowest BCUT2D eigenvalue weighted by Crippen LogP contribution is -2.04. The van der Waals surface area contributed by atoms with Crippen molar-refractivity contribution in [1.82, 2.24) is 4.98 Å². The van der Waals surface area contributed by atoms with Crippen molar-refractivity contribution in [1.29, 1.82) is 0 Å². The van der Waals surface area contributed by atoms with Crippen LogP contribution in [0.3, 0.4) is 0 Å². The molecular weight excluding hydrogens is 306 g/mol. The Hall–Kier alpha value is -1.68. The molecule has 1 heterocycles. The summed E-state index contributed by atoms with van der Waals surface area (Å²) in [4.78, 5) is 15.5. The fraction of sp³-hybridized carbons (Fsp3) is 0.200. The first-order chi connectivity index (χ1) is 9.02. The van der Waals surface area contributed by atoms with Gasteiger partial charge in [0.1, 0.15) is 10.2 Å². The van der Waals surface area contributed by atoms with Crippen LogP contribution in [0, 0.1) is 6.92 Å². The molecule has 0 saturated carbocycles. The standard InChI is InChI=1S/C15H14BrNO2/c1-3-10-4-6-11(7-5-10)12-8-9(2)17-14(16)13(12)15(18)19/h4-8H,3H2,1-2H3,(H,18,19). The number of hydrogen-bond donors (Lipinski definition) is 1. The fourth-order valence-electron chi connectivity index (χ4n) is 1.99. The molecule has 2 rings (SSSR count). The molecule has 0 amide bonds. The zero-order valence-corrected chi connectivity index (χ0v) is 12.4. The van der Waals surface area contributed by atoms with Crippen LogP contribution in [0.5, 0.6) is 0 Å². The highest BCUT2D eigenvalue weighted by Gasteiger charge is 2.17. The van der Waals surface area contributed by atoms with Crippen LogP contribution in [0.25, 0.3) is 11.1 Å². The quantitative estimate of drug-likeness (QED) is 0.867. The van der Waals surface area contributed by atoms with Gasteiger partial charge in [0.05, 0.1) is 0 Å². The lowest BCUT2D eigenvalue weighted by atomic mass is 9.99. The van der Waals surface area contributed by atoms with E-state index in [9.17, 15) is 9.90 Å². The van der Waals surface area contributed by atoms with Crippen LogP contribution in [0.2, 0.25) is 0 Å². The molecule has 4 heteroatoms. The van der Waals surface area contributed by atoms with Gasteiger partial charge < -0.3 is 5.11 Å². The number of carboxylic acid groups (broad SMARTS) is 1. The van der Waals surface area contributed by atoms with Crippen LogP contribution < -0.4 is 0 Å². The smallest absolute Gasteiger partial charge is 0.339 e. The van der Waals surface area contributed by atoms with Crippen LogP contribution in [0.1, 0.15) is 28.5 Å². The summed E-state index contributed by atoms with van der Waals surface area (Å²) >= 11 is 3.23. The lowest BCUT2D eigenvalue weighted by Gasteiger charge is -2.10. The molecule has 0 aliphatic rings. The summed E-state index contributed by atoms with van der Waals surface area (Å²) < 4.78 is 0.370. The second kappa shape index (κ2) is 5.53. The fourth-order valence-corrected chi connectivity index (χ4v) is 2.65. The molecule has 98 valence electrons. The predicted molar refractivity (Wildman–Crippen MR) is 78.4 cm³/mol. The van der Waals surface area contributed by atoms with Gasteiger partial charge in [-0.1, -0.05) is 31.2 Å². The van der Waals surface area contributed by atoms with Crippen molar-refractivity contribution < 1.29 is 9.90 Å². The molecular formula is C15H14BrNO2. The van der Waals surface area contributed by atoms with Crippen LogP contribution in [0.15, 0.2) is 34.9 Å². The van der Waals surface area contributed by atoms with Gasteiger partial charge in [0.2, 0.25) is 0 Å². The predicted octanol–water partition coefficient (Wildman–Crippen LogP) is 4.08. The molecule has 1 aromatic heterocycles. The zero-order valence-electron chi connectivity index (χ0n) is 10.8. The first-order valence-corrected chi connectivity index (χ1v) is 6.82. The summed E-state index contributed by atoms with van der Waals surface area (Å²) in [5.41, 5.74) is 3.79. The Balaban J connectivity index is 2.62. The first-order valence-electron chi connectivity index (χ1n) is 6.02. The minimum absolute atomic E-state index is 0.204. The number of hydrogen-bond acceptors (Lipinski definition) is 2. The van der Waals surface area contributed by atoms with Crippen molar-refractivity contribution in [3.05, 3.63) is 51.8 Å². The van der Waals surface area contributed by atoms with E-state index in [1.54, 1.807) is 6.07 Å². The Bertz CT molecular complexity index is 621. The Morgan fingerprint density at radius 1 is 1.32 bits per heavy atom. The molecule has 1 N–H and O–H groups in total. The number of aryl methyl sites for hydroxylation is 2. The van der Waals surface area contributed by atoms with Crippen molar-refractivity contribution in [3.8, 4) is 11.1 Å². The molecule has 0 unspecified atom stereocenters. The third kappa shape index (κ3) is 2.84. The minimum Gasteiger partial charge on any atom is -0.478 e. The van der Waals surface area contributed by atoms with Crippen molar-refractivity contribution >= 4 is 21.9 Å². The molecule has 3 nitrogen and oxygen atoms in total. The van der Waals surface area contributed by atoms with E-state index < -0.39 is 5.97 Å². The van der Waals surface area contributed by atoms with Gasteiger partial charge in [-0.2, -0.15) is 0 Å². The molecule has 0 fully saturated rings. The highest BCUT2D eigenvalue weighted by molar-refractivity contribution is 9.10. The number of aromatic nitrogens is 1. The number of benzene rings is 1. The average molecular weight is 320 g/mol. The molecule has 0 radical (unpaired) electrons. The number of carbonyl (C=O) groups is 1. The summed E-state index contributed by atoms with van der Waals surface area (Å²) in [5.74, 6) is -0.978. The molecule has 0 aliphatic heterocycles. The Kier molecular flexibility index (Phi) is 4.00. The maximum Gasteiger partial charge on any atom is 0.339 e. The number of carboxylic acids is 1. The summed E-state index contributed by atoms with van der Waals surface area (Å²) in [5, 5.41) is 9.33. The van der Waals surface area contributed by atoms with Crippen molar-refractivity contribution in [2.75, 3.05) is 0 Å². The highest BCUT2D eigenvalue weighted by atomic mass is 79.9. The van der Waals surface area contributed by atoms with Gasteiger partial charge in [-0.15, -0.1) is 0 Å². The molecule has 19 heavy (non-hydrogen) atoms. The summed E-state index contributed by atoms with van der Waals surface area (Å²) in [6.07, 6.45) is 0.963. The van der Waals surface area contributed by atoms with Crippen molar-refractivity contribution in [3.63, 3.8) is 0 Å². The third-order valence-corrected chi connectivity index (χ3v) is 3.56. The summed E-state index contributed by atoms with van der Waals surface area (Å²) in [7, 11) is 0. The second-order valence-corrected chi connectivity index (χ2v) is 5.08. The van der Waals surface area contributed by atoms with E-state index in [1.807, 2.05) is 31.2 Å². The van der Waals surface area contributed by atoms with Gasteiger partial charge in [-0.05, 0) is 46.5 Å². The van der Waals surface area contributed by atoms with Crippen LogP contribution >= 0.6 is 15.9 Å². The normalized spacial score (nSPS) is 10.5. The maximum atomic E-state index is 11.4. The van der Waals surface area contributed by atoms with Gasteiger partial charge in [-0.25, -0.2) is 9.78 Å². The molecule has 0 atom stereocenters.